The fraction of sp³-hybridized carbons (Fsp3) is 1.00. The Balaban J connectivity index is 1.89. The summed E-state index contributed by atoms with van der Waals surface area (Å²) >= 11 is 0. The van der Waals surface area contributed by atoms with E-state index in [2.05, 4.69) is 32.6 Å². The summed E-state index contributed by atoms with van der Waals surface area (Å²) in [6.45, 7) is 10.3. The molecule has 1 unspecified atom stereocenters. The number of nitrogens with zero attached hydrogens (tertiary/aromatic N) is 1. The van der Waals surface area contributed by atoms with Crippen LogP contribution in [0.3, 0.4) is 0 Å². The molecule has 0 aromatic rings. The highest BCUT2D eigenvalue weighted by atomic mass is 16.5. The molecular weight excluding hydrogens is 174 g/mol. The second-order valence-corrected chi connectivity index (χ2v) is 5.87. The van der Waals surface area contributed by atoms with E-state index >= 15 is 0 Å². The zero-order chi connectivity index (χ0) is 10.3. The number of ether oxygens (including phenoxy) is 1. The van der Waals surface area contributed by atoms with Crippen LogP contribution < -0.4 is 0 Å². The van der Waals surface area contributed by atoms with Crippen molar-refractivity contribution in [2.45, 2.75) is 70.7 Å². The van der Waals surface area contributed by atoms with E-state index in [1.807, 2.05) is 0 Å². The molecule has 2 atom stereocenters. The Morgan fingerprint density at radius 1 is 1.14 bits per heavy atom. The molecule has 2 heteroatoms. The second-order valence-electron chi connectivity index (χ2n) is 5.87. The van der Waals surface area contributed by atoms with E-state index in [-0.39, 0.29) is 0 Å². The Labute approximate surface area is 87.6 Å². The summed E-state index contributed by atoms with van der Waals surface area (Å²) in [5.74, 6) is 0. The molecular formula is C12H23NO. The first kappa shape index (κ1) is 10.4. The predicted octanol–water partition coefficient (Wildman–Crippen LogP) is 2.43. The molecule has 0 bridgehead atoms. The van der Waals surface area contributed by atoms with Crippen molar-refractivity contribution in [3.05, 3.63) is 0 Å². The Bertz CT molecular complexity index is 205. The molecule has 0 aromatic carbocycles. The van der Waals surface area contributed by atoms with Crippen molar-refractivity contribution in [3.63, 3.8) is 0 Å². The van der Waals surface area contributed by atoms with Gasteiger partial charge in [0.2, 0.25) is 0 Å². The van der Waals surface area contributed by atoms with Gasteiger partial charge in [-0.3, -0.25) is 4.90 Å². The van der Waals surface area contributed by atoms with E-state index < -0.39 is 0 Å². The molecule has 2 rings (SSSR count). The summed E-state index contributed by atoms with van der Waals surface area (Å²) in [4.78, 5) is 2.57. The molecule has 0 spiro atoms. The van der Waals surface area contributed by atoms with Gasteiger partial charge in [0.1, 0.15) is 0 Å². The van der Waals surface area contributed by atoms with E-state index in [1.54, 1.807) is 0 Å². The fourth-order valence-electron chi connectivity index (χ4n) is 2.49. The molecule has 0 N–H and O–H groups in total. The molecule has 0 aromatic heterocycles. The summed E-state index contributed by atoms with van der Waals surface area (Å²) in [5, 5.41) is 0. The molecule has 2 aliphatic rings. The Morgan fingerprint density at radius 2 is 1.79 bits per heavy atom. The quantitative estimate of drug-likeness (QED) is 0.674. The van der Waals surface area contributed by atoms with Gasteiger partial charge in [-0.25, -0.2) is 0 Å². The van der Waals surface area contributed by atoms with Crippen LogP contribution in [0.4, 0.5) is 0 Å². The molecule has 1 aliphatic heterocycles. The minimum Gasteiger partial charge on any atom is -0.374 e. The molecule has 82 valence electrons. The minimum atomic E-state index is 0.293. The lowest BCUT2D eigenvalue weighted by molar-refractivity contribution is 0.0366. The van der Waals surface area contributed by atoms with Gasteiger partial charge < -0.3 is 4.74 Å². The highest BCUT2D eigenvalue weighted by Crippen LogP contribution is 2.32. The average molecular weight is 197 g/mol. The monoisotopic (exact) mass is 197 g/mol. The second kappa shape index (κ2) is 3.49. The summed E-state index contributed by atoms with van der Waals surface area (Å²) < 4.78 is 5.98. The van der Waals surface area contributed by atoms with Crippen molar-refractivity contribution in [2.75, 3.05) is 6.54 Å². The largest absolute Gasteiger partial charge is 0.374 e. The third kappa shape index (κ3) is 2.29. The van der Waals surface area contributed by atoms with Crippen LogP contribution in [0.1, 0.15) is 47.0 Å². The van der Waals surface area contributed by atoms with Gasteiger partial charge in [-0.15, -0.1) is 0 Å². The van der Waals surface area contributed by atoms with Crippen molar-refractivity contribution < 1.29 is 4.74 Å². The van der Waals surface area contributed by atoms with Crippen LogP contribution in [0, 0.1) is 0 Å². The highest BCUT2D eigenvalue weighted by molar-refractivity contribution is 4.92. The van der Waals surface area contributed by atoms with Gasteiger partial charge >= 0.3 is 0 Å². The normalized spacial score (nSPS) is 35.1. The predicted molar refractivity (Wildman–Crippen MR) is 58.4 cm³/mol. The summed E-state index contributed by atoms with van der Waals surface area (Å²) in [5.41, 5.74) is 0.293. The van der Waals surface area contributed by atoms with Gasteiger partial charge in [0.05, 0.1) is 12.2 Å². The summed E-state index contributed by atoms with van der Waals surface area (Å²) in [7, 11) is 0. The highest BCUT2D eigenvalue weighted by Gasteiger charge is 2.38. The van der Waals surface area contributed by atoms with Crippen LogP contribution >= 0.6 is 0 Å². The summed E-state index contributed by atoms with van der Waals surface area (Å²) in [6.07, 6.45) is 4.90. The zero-order valence-electron chi connectivity index (χ0n) is 9.92. The van der Waals surface area contributed by atoms with Crippen molar-refractivity contribution in [2.24, 2.45) is 0 Å². The summed E-state index contributed by atoms with van der Waals surface area (Å²) in [6, 6.07) is 0.679. The third-order valence-electron chi connectivity index (χ3n) is 3.31. The van der Waals surface area contributed by atoms with E-state index in [4.69, 9.17) is 4.74 Å². The topological polar surface area (TPSA) is 12.5 Å². The standard InChI is InChI=1S/C12H23NO/c1-9-7-11(14-10-5-6-10)8-13(9)12(2,3)4/h9-11H,5-8H2,1-4H3/t9-,11?/m1/s1. The Hall–Kier alpha value is -0.0800. The first-order valence-electron chi connectivity index (χ1n) is 5.89. The van der Waals surface area contributed by atoms with Crippen LogP contribution in [-0.2, 0) is 4.74 Å². The Morgan fingerprint density at radius 3 is 2.21 bits per heavy atom. The van der Waals surface area contributed by atoms with E-state index in [9.17, 15) is 0 Å². The van der Waals surface area contributed by atoms with Crippen LogP contribution in [0.25, 0.3) is 0 Å². The Kier molecular flexibility index (Phi) is 2.61. The maximum atomic E-state index is 5.98. The fourth-order valence-corrected chi connectivity index (χ4v) is 2.49. The van der Waals surface area contributed by atoms with Gasteiger partial charge in [-0.1, -0.05) is 0 Å². The number of hydrogen-bond donors (Lipinski definition) is 0. The van der Waals surface area contributed by atoms with Gasteiger partial charge in [-0.05, 0) is 47.0 Å². The smallest absolute Gasteiger partial charge is 0.0720 e. The SMILES string of the molecule is C[C@@H]1CC(OC2CC2)CN1C(C)(C)C. The molecule has 1 heterocycles. The van der Waals surface area contributed by atoms with Crippen molar-refractivity contribution >= 4 is 0 Å². The molecule has 0 amide bonds. The molecule has 2 fully saturated rings. The minimum absolute atomic E-state index is 0.293. The lowest BCUT2D eigenvalue weighted by Gasteiger charge is -2.35. The van der Waals surface area contributed by atoms with Crippen molar-refractivity contribution in [1.82, 2.24) is 4.90 Å². The van der Waals surface area contributed by atoms with Gasteiger partial charge in [0.25, 0.3) is 0 Å². The van der Waals surface area contributed by atoms with Crippen molar-refractivity contribution in [1.29, 1.82) is 0 Å². The van der Waals surface area contributed by atoms with Gasteiger partial charge in [0.15, 0.2) is 0 Å². The molecule has 1 saturated heterocycles. The van der Waals surface area contributed by atoms with Gasteiger partial charge in [0, 0.05) is 18.1 Å². The molecule has 14 heavy (non-hydrogen) atoms. The third-order valence-corrected chi connectivity index (χ3v) is 3.31. The molecule has 1 saturated carbocycles. The lowest BCUT2D eigenvalue weighted by Crippen LogP contribution is -2.43. The molecule has 1 aliphatic carbocycles. The molecule has 2 nitrogen and oxygen atoms in total. The number of likely N-dealkylation sites (tertiary alicyclic amines) is 1. The van der Waals surface area contributed by atoms with Crippen LogP contribution in [0.2, 0.25) is 0 Å². The van der Waals surface area contributed by atoms with Crippen molar-refractivity contribution in [3.8, 4) is 0 Å². The van der Waals surface area contributed by atoms with Crippen LogP contribution in [-0.4, -0.2) is 35.2 Å². The van der Waals surface area contributed by atoms with E-state index in [0.29, 0.717) is 23.8 Å². The van der Waals surface area contributed by atoms with E-state index in [1.165, 1.54) is 19.3 Å². The number of hydrogen-bond acceptors (Lipinski definition) is 2. The number of rotatable bonds is 2. The average Bonchev–Trinajstić information content (AvgIpc) is 2.73. The maximum Gasteiger partial charge on any atom is 0.0720 e. The van der Waals surface area contributed by atoms with Gasteiger partial charge in [-0.2, -0.15) is 0 Å². The van der Waals surface area contributed by atoms with Crippen LogP contribution in [0.5, 0.6) is 0 Å². The van der Waals surface area contributed by atoms with E-state index in [0.717, 1.165) is 6.54 Å². The first-order valence-corrected chi connectivity index (χ1v) is 5.89. The molecule has 0 radical (unpaired) electrons. The maximum absolute atomic E-state index is 5.98. The zero-order valence-corrected chi connectivity index (χ0v) is 9.92. The lowest BCUT2D eigenvalue weighted by atomic mass is 10.1. The van der Waals surface area contributed by atoms with Crippen LogP contribution in [0.15, 0.2) is 0 Å². The first-order chi connectivity index (χ1) is 6.47.